The first-order valence-electron chi connectivity index (χ1n) is 5.74. The second-order valence-electron chi connectivity index (χ2n) is 4.12. The van der Waals surface area contributed by atoms with Crippen LogP contribution in [0.3, 0.4) is 0 Å². The first-order chi connectivity index (χ1) is 9.22. The average molecular weight is 296 g/mol. The van der Waals surface area contributed by atoms with Gasteiger partial charge in [-0.2, -0.15) is 0 Å². The molecule has 0 aliphatic carbocycles. The van der Waals surface area contributed by atoms with Crippen LogP contribution in [0.25, 0.3) is 0 Å². The van der Waals surface area contributed by atoms with Crippen molar-refractivity contribution in [3.63, 3.8) is 0 Å². The van der Waals surface area contributed by atoms with Crippen LogP contribution >= 0.6 is 22.9 Å². The Bertz CT molecular complexity index is 592. The van der Waals surface area contributed by atoms with E-state index in [9.17, 15) is 4.79 Å². The molecule has 1 amide bonds. The number of hydrogen-bond donors (Lipinski definition) is 1. The van der Waals surface area contributed by atoms with E-state index >= 15 is 0 Å². The standard InChI is InChI=1S/C12H10ClN3O2S/c13-12-16-15-11(19-12)10(17)14-6-8-5-7-3-1-2-4-9(7)18-8/h1-4,8H,5-6H2,(H,14,17). The lowest BCUT2D eigenvalue weighted by Gasteiger charge is -2.10. The molecule has 1 aliphatic heterocycles. The molecule has 0 saturated carbocycles. The third kappa shape index (κ3) is 2.69. The maximum Gasteiger partial charge on any atom is 0.282 e. The van der Waals surface area contributed by atoms with Gasteiger partial charge in [0, 0.05) is 6.42 Å². The molecule has 1 aromatic carbocycles. The van der Waals surface area contributed by atoms with Crippen molar-refractivity contribution in [3.05, 3.63) is 39.3 Å². The van der Waals surface area contributed by atoms with Gasteiger partial charge in [0.1, 0.15) is 11.9 Å². The number of amides is 1. The highest BCUT2D eigenvalue weighted by molar-refractivity contribution is 7.17. The molecule has 98 valence electrons. The molecule has 0 spiro atoms. The van der Waals surface area contributed by atoms with Crippen molar-refractivity contribution in [1.82, 2.24) is 15.5 Å². The maximum atomic E-state index is 11.8. The summed E-state index contributed by atoms with van der Waals surface area (Å²) in [5, 5.41) is 10.3. The topological polar surface area (TPSA) is 64.1 Å². The van der Waals surface area contributed by atoms with Crippen LogP contribution in [-0.2, 0) is 6.42 Å². The molecule has 5 nitrogen and oxygen atoms in total. The Morgan fingerprint density at radius 1 is 1.47 bits per heavy atom. The first-order valence-corrected chi connectivity index (χ1v) is 6.93. The van der Waals surface area contributed by atoms with Gasteiger partial charge in [-0.3, -0.25) is 4.79 Å². The van der Waals surface area contributed by atoms with Gasteiger partial charge in [0.2, 0.25) is 9.47 Å². The summed E-state index contributed by atoms with van der Waals surface area (Å²) >= 11 is 6.69. The highest BCUT2D eigenvalue weighted by Gasteiger charge is 2.23. The van der Waals surface area contributed by atoms with Gasteiger partial charge in [-0.25, -0.2) is 0 Å². The van der Waals surface area contributed by atoms with Crippen LogP contribution in [0.4, 0.5) is 0 Å². The van der Waals surface area contributed by atoms with Gasteiger partial charge in [-0.1, -0.05) is 29.5 Å². The number of halogens is 1. The number of para-hydroxylation sites is 1. The van der Waals surface area contributed by atoms with Gasteiger partial charge < -0.3 is 10.1 Å². The van der Waals surface area contributed by atoms with E-state index < -0.39 is 0 Å². The number of benzene rings is 1. The molecule has 1 atom stereocenters. The van der Waals surface area contributed by atoms with Gasteiger partial charge in [0.05, 0.1) is 6.54 Å². The minimum absolute atomic E-state index is 0.0373. The van der Waals surface area contributed by atoms with Crippen molar-refractivity contribution in [2.75, 3.05) is 6.54 Å². The van der Waals surface area contributed by atoms with Crippen LogP contribution in [0.5, 0.6) is 5.75 Å². The van der Waals surface area contributed by atoms with E-state index in [1.54, 1.807) is 0 Å². The predicted molar refractivity (Wildman–Crippen MR) is 71.8 cm³/mol. The van der Waals surface area contributed by atoms with Gasteiger partial charge in [-0.05, 0) is 23.2 Å². The lowest BCUT2D eigenvalue weighted by Crippen LogP contribution is -2.34. The lowest BCUT2D eigenvalue weighted by molar-refractivity contribution is 0.0932. The number of hydrogen-bond acceptors (Lipinski definition) is 5. The van der Waals surface area contributed by atoms with E-state index in [1.807, 2.05) is 24.3 Å². The van der Waals surface area contributed by atoms with Gasteiger partial charge in [0.25, 0.3) is 5.91 Å². The van der Waals surface area contributed by atoms with E-state index in [0.717, 1.165) is 23.5 Å². The molecule has 3 rings (SSSR count). The number of nitrogens with one attached hydrogen (secondary N) is 1. The van der Waals surface area contributed by atoms with Crippen LogP contribution in [0, 0.1) is 0 Å². The van der Waals surface area contributed by atoms with Crippen molar-refractivity contribution in [3.8, 4) is 5.75 Å². The van der Waals surface area contributed by atoms with E-state index in [0.29, 0.717) is 6.54 Å². The predicted octanol–water partition coefficient (Wildman–Crippen LogP) is 1.92. The zero-order valence-corrected chi connectivity index (χ0v) is 11.4. The van der Waals surface area contributed by atoms with E-state index in [2.05, 4.69) is 15.5 Å². The molecule has 1 aliphatic rings. The molecule has 0 radical (unpaired) electrons. The maximum absolute atomic E-state index is 11.8. The summed E-state index contributed by atoms with van der Waals surface area (Å²) in [4.78, 5) is 11.8. The van der Waals surface area contributed by atoms with Gasteiger partial charge in [0.15, 0.2) is 0 Å². The number of nitrogens with zero attached hydrogens (tertiary/aromatic N) is 2. The fourth-order valence-electron chi connectivity index (χ4n) is 1.95. The summed E-state index contributed by atoms with van der Waals surface area (Å²) in [6, 6.07) is 7.87. The monoisotopic (exact) mass is 295 g/mol. The Morgan fingerprint density at radius 3 is 3.05 bits per heavy atom. The molecule has 1 aromatic heterocycles. The second-order valence-corrected chi connectivity index (χ2v) is 5.68. The van der Waals surface area contributed by atoms with E-state index in [4.69, 9.17) is 16.3 Å². The molecular weight excluding hydrogens is 286 g/mol. The molecule has 0 saturated heterocycles. The number of ether oxygens (including phenoxy) is 1. The molecule has 2 aromatic rings. The Labute approximate surface area is 118 Å². The Hall–Kier alpha value is -1.66. The summed E-state index contributed by atoms with van der Waals surface area (Å²) in [7, 11) is 0. The van der Waals surface area contributed by atoms with E-state index in [1.165, 1.54) is 5.56 Å². The minimum atomic E-state index is -0.274. The average Bonchev–Trinajstić information content (AvgIpc) is 3.01. The van der Waals surface area contributed by atoms with Crippen molar-refractivity contribution in [2.24, 2.45) is 0 Å². The van der Waals surface area contributed by atoms with E-state index in [-0.39, 0.29) is 21.5 Å². The van der Waals surface area contributed by atoms with Crippen molar-refractivity contribution in [2.45, 2.75) is 12.5 Å². The molecule has 0 bridgehead atoms. The highest BCUT2D eigenvalue weighted by atomic mass is 35.5. The summed E-state index contributed by atoms with van der Waals surface area (Å²) in [6.07, 6.45) is 0.762. The Kier molecular flexibility index (Phi) is 3.35. The lowest BCUT2D eigenvalue weighted by atomic mass is 10.1. The molecule has 1 unspecified atom stereocenters. The number of carbonyl (C=O) groups excluding carboxylic acids is 1. The minimum Gasteiger partial charge on any atom is -0.488 e. The Morgan fingerprint density at radius 2 is 2.32 bits per heavy atom. The quantitative estimate of drug-likeness (QED) is 0.940. The third-order valence-electron chi connectivity index (χ3n) is 2.80. The van der Waals surface area contributed by atoms with Crippen molar-refractivity contribution in [1.29, 1.82) is 0 Å². The SMILES string of the molecule is O=C(NCC1Cc2ccccc2O1)c1nnc(Cl)s1. The summed E-state index contributed by atoms with van der Waals surface area (Å²) in [5.41, 5.74) is 1.17. The van der Waals surface area contributed by atoms with Crippen molar-refractivity contribution >= 4 is 28.8 Å². The molecule has 0 fully saturated rings. The van der Waals surface area contributed by atoms with Gasteiger partial charge >= 0.3 is 0 Å². The molecule has 2 heterocycles. The summed E-state index contributed by atoms with van der Waals surface area (Å²) in [6.45, 7) is 0.435. The third-order valence-corrected chi connectivity index (χ3v) is 3.82. The molecular formula is C12H10ClN3O2S. The smallest absolute Gasteiger partial charge is 0.282 e. The second kappa shape index (κ2) is 5.14. The number of fused-ring (bicyclic) bond motifs is 1. The largest absolute Gasteiger partial charge is 0.488 e. The fraction of sp³-hybridized carbons (Fsp3) is 0.250. The van der Waals surface area contributed by atoms with Crippen LogP contribution < -0.4 is 10.1 Å². The first kappa shape index (κ1) is 12.4. The Balaban J connectivity index is 1.56. The molecule has 1 N–H and O–H groups in total. The van der Waals surface area contributed by atoms with Crippen LogP contribution in [0.1, 0.15) is 15.4 Å². The number of rotatable bonds is 3. The van der Waals surface area contributed by atoms with Crippen LogP contribution in [0.2, 0.25) is 4.47 Å². The molecule has 19 heavy (non-hydrogen) atoms. The number of carbonyl (C=O) groups is 1. The van der Waals surface area contributed by atoms with Crippen molar-refractivity contribution < 1.29 is 9.53 Å². The highest BCUT2D eigenvalue weighted by Crippen LogP contribution is 2.27. The van der Waals surface area contributed by atoms with Crippen LogP contribution in [0.15, 0.2) is 24.3 Å². The normalized spacial score (nSPS) is 16.8. The zero-order chi connectivity index (χ0) is 13.2. The zero-order valence-electron chi connectivity index (χ0n) is 9.80. The number of aromatic nitrogens is 2. The van der Waals surface area contributed by atoms with Crippen LogP contribution in [-0.4, -0.2) is 28.8 Å². The van der Waals surface area contributed by atoms with Gasteiger partial charge in [-0.15, -0.1) is 10.2 Å². The fourth-order valence-corrected chi connectivity index (χ4v) is 2.69. The molecule has 7 heteroatoms. The summed E-state index contributed by atoms with van der Waals surface area (Å²) < 4.78 is 5.98. The summed E-state index contributed by atoms with van der Waals surface area (Å²) in [5.74, 6) is 0.615.